The first kappa shape index (κ1) is 8.57. The third-order valence-corrected chi connectivity index (χ3v) is 2.57. The first-order valence-corrected chi connectivity index (χ1v) is 4.82. The van der Waals surface area contributed by atoms with E-state index >= 15 is 0 Å². The van der Waals surface area contributed by atoms with Gasteiger partial charge in [0.25, 0.3) is 0 Å². The lowest BCUT2D eigenvalue weighted by Gasteiger charge is -2.23. The molecule has 0 saturated carbocycles. The summed E-state index contributed by atoms with van der Waals surface area (Å²) in [7, 11) is 0. The second-order valence-corrected chi connectivity index (χ2v) is 3.47. The van der Waals surface area contributed by atoms with Gasteiger partial charge < -0.3 is 10.5 Å². The number of ether oxygens (including phenoxy) is 1. The Kier molecular flexibility index (Phi) is 2.23. The van der Waals surface area contributed by atoms with E-state index in [-0.39, 0.29) is 6.04 Å². The fourth-order valence-electron chi connectivity index (χ4n) is 1.68. The second kappa shape index (κ2) is 3.38. The number of benzene rings is 1. The quantitative estimate of drug-likeness (QED) is 0.712. The predicted molar refractivity (Wildman–Crippen MR) is 52.9 cm³/mol. The van der Waals surface area contributed by atoms with Gasteiger partial charge >= 0.3 is 0 Å². The predicted octanol–water partition coefficient (Wildman–Crippen LogP) is 2.03. The van der Waals surface area contributed by atoms with Crippen molar-refractivity contribution in [2.75, 3.05) is 6.61 Å². The van der Waals surface area contributed by atoms with Gasteiger partial charge in [-0.15, -0.1) is 0 Å². The van der Waals surface area contributed by atoms with Crippen LogP contribution in [-0.2, 0) is 6.42 Å². The van der Waals surface area contributed by atoms with E-state index in [4.69, 9.17) is 10.5 Å². The van der Waals surface area contributed by atoms with Gasteiger partial charge in [-0.05, 0) is 18.1 Å². The summed E-state index contributed by atoms with van der Waals surface area (Å²) in [5.41, 5.74) is 8.43. The lowest BCUT2D eigenvalue weighted by atomic mass is 9.99. The number of nitrogens with two attached hydrogens (primary N) is 1. The fraction of sp³-hybridized carbons (Fsp3) is 0.455. The Bertz CT molecular complexity index is 309. The minimum atomic E-state index is 0.162. The molecule has 0 spiro atoms. The Morgan fingerprint density at radius 2 is 2.38 bits per heavy atom. The van der Waals surface area contributed by atoms with Crippen molar-refractivity contribution in [1.29, 1.82) is 0 Å². The molecule has 1 heterocycles. The van der Waals surface area contributed by atoms with Crippen LogP contribution in [0.15, 0.2) is 18.2 Å². The van der Waals surface area contributed by atoms with Crippen LogP contribution in [0.2, 0.25) is 0 Å². The third-order valence-electron chi connectivity index (χ3n) is 2.57. The van der Waals surface area contributed by atoms with Crippen LogP contribution >= 0.6 is 0 Å². The summed E-state index contributed by atoms with van der Waals surface area (Å²) >= 11 is 0. The molecule has 0 amide bonds. The van der Waals surface area contributed by atoms with E-state index in [2.05, 4.69) is 25.1 Å². The fourth-order valence-corrected chi connectivity index (χ4v) is 1.68. The molecule has 1 unspecified atom stereocenters. The van der Waals surface area contributed by atoms with E-state index in [1.165, 1.54) is 5.56 Å². The molecule has 1 aliphatic rings. The molecule has 13 heavy (non-hydrogen) atoms. The Morgan fingerprint density at radius 3 is 3.15 bits per heavy atom. The van der Waals surface area contributed by atoms with Crippen LogP contribution in [0.25, 0.3) is 0 Å². The van der Waals surface area contributed by atoms with Crippen molar-refractivity contribution in [3.63, 3.8) is 0 Å². The molecule has 70 valence electrons. The minimum absolute atomic E-state index is 0.162. The van der Waals surface area contributed by atoms with Gasteiger partial charge in [0.15, 0.2) is 0 Å². The van der Waals surface area contributed by atoms with E-state index < -0.39 is 0 Å². The number of hydrogen-bond donors (Lipinski definition) is 1. The van der Waals surface area contributed by atoms with Gasteiger partial charge in [0.2, 0.25) is 0 Å². The third kappa shape index (κ3) is 1.54. The first-order chi connectivity index (χ1) is 6.31. The van der Waals surface area contributed by atoms with E-state index in [0.29, 0.717) is 0 Å². The molecule has 2 N–H and O–H groups in total. The molecule has 0 aromatic heterocycles. The summed E-state index contributed by atoms with van der Waals surface area (Å²) < 4.78 is 5.56. The zero-order valence-electron chi connectivity index (χ0n) is 7.92. The van der Waals surface area contributed by atoms with Crippen LogP contribution in [0.4, 0.5) is 0 Å². The molecule has 1 aromatic rings. The Balaban J connectivity index is 2.39. The van der Waals surface area contributed by atoms with Gasteiger partial charge in [0.1, 0.15) is 5.75 Å². The maximum Gasteiger partial charge on any atom is 0.124 e. The average molecular weight is 177 g/mol. The van der Waals surface area contributed by atoms with Crippen LogP contribution in [-0.4, -0.2) is 6.61 Å². The highest BCUT2D eigenvalue weighted by atomic mass is 16.5. The topological polar surface area (TPSA) is 35.2 Å². The summed E-state index contributed by atoms with van der Waals surface area (Å²) in [6, 6.07) is 6.49. The Labute approximate surface area is 78.7 Å². The van der Waals surface area contributed by atoms with Crippen LogP contribution in [0, 0.1) is 0 Å². The van der Waals surface area contributed by atoms with Gasteiger partial charge in [-0.25, -0.2) is 0 Å². The molecular formula is C11H15NO. The lowest BCUT2D eigenvalue weighted by Crippen LogP contribution is -2.20. The molecule has 0 radical (unpaired) electrons. The standard InChI is InChI=1S/C11H15NO/c1-2-8-3-4-9-10(12)5-6-13-11(9)7-8/h3-4,7,10H,2,5-6,12H2,1H3. The van der Waals surface area contributed by atoms with Crippen LogP contribution < -0.4 is 10.5 Å². The SMILES string of the molecule is CCc1ccc2c(c1)OCCC2N. The van der Waals surface area contributed by atoms with Crippen molar-refractivity contribution in [3.05, 3.63) is 29.3 Å². The largest absolute Gasteiger partial charge is 0.493 e. The Morgan fingerprint density at radius 1 is 1.54 bits per heavy atom. The molecule has 2 heteroatoms. The molecule has 1 atom stereocenters. The molecule has 1 aromatic carbocycles. The van der Waals surface area contributed by atoms with Crippen molar-refractivity contribution in [2.24, 2.45) is 5.73 Å². The normalized spacial score (nSPS) is 20.6. The molecule has 0 fully saturated rings. The molecule has 1 aliphatic heterocycles. The molecule has 2 nitrogen and oxygen atoms in total. The summed E-state index contributed by atoms with van der Waals surface area (Å²) in [4.78, 5) is 0. The zero-order valence-corrected chi connectivity index (χ0v) is 7.92. The maximum absolute atomic E-state index is 5.96. The van der Waals surface area contributed by atoms with E-state index in [1.54, 1.807) is 0 Å². The summed E-state index contributed by atoms with van der Waals surface area (Å²) in [6.07, 6.45) is 1.98. The highest BCUT2D eigenvalue weighted by molar-refractivity contribution is 5.40. The van der Waals surface area contributed by atoms with Gasteiger partial charge in [-0.3, -0.25) is 0 Å². The van der Waals surface area contributed by atoms with Gasteiger partial charge in [-0.1, -0.05) is 19.1 Å². The van der Waals surface area contributed by atoms with Gasteiger partial charge in [0, 0.05) is 18.0 Å². The number of fused-ring (bicyclic) bond motifs is 1. The van der Waals surface area contributed by atoms with Crippen LogP contribution in [0.5, 0.6) is 5.75 Å². The zero-order chi connectivity index (χ0) is 9.26. The first-order valence-electron chi connectivity index (χ1n) is 4.82. The molecule has 0 aliphatic carbocycles. The summed E-state index contributed by atoms with van der Waals surface area (Å²) in [5, 5.41) is 0. The number of aryl methyl sites for hydroxylation is 1. The van der Waals surface area contributed by atoms with Gasteiger partial charge in [-0.2, -0.15) is 0 Å². The van der Waals surface area contributed by atoms with Crippen molar-refractivity contribution in [1.82, 2.24) is 0 Å². The maximum atomic E-state index is 5.96. The average Bonchev–Trinajstić information content (AvgIpc) is 2.18. The number of rotatable bonds is 1. The van der Waals surface area contributed by atoms with E-state index in [0.717, 1.165) is 30.8 Å². The second-order valence-electron chi connectivity index (χ2n) is 3.47. The van der Waals surface area contributed by atoms with Crippen molar-refractivity contribution >= 4 is 0 Å². The van der Waals surface area contributed by atoms with Crippen molar-refractivity contribution < 1.29 is 4.74 Å². The van der Waals surface area contributed by atoms with Crippen molar-refractivity contribution in [2.45, 2.75) is 25.8 Å². The monoisotopic (exact) mass is 177 g/mol. The molecule has 2 rings (SSSR count). The van der Waals surface area contributed by atoms with Crippen LogP contribution in [0.3, 0.4) is 0 Å². The Hall–Kier alpha value is -1.02. The van der Waals surface area contributed by atoms with E-state index in [1.807, 2.05) is 0 Å². The summed E-state index contributed by atoms with van der Waals surface area (Å²) in [5.74, 6) is 0.984. The van der Waals surface area contributed by atoms with Crippen molar-refractivity contribution in [3.8, 4) is 5.75 Å². The molecule has 0 bridgehead atoms. The lowest BCUT2D eigenvalue weighted by molar-refractivity contribution is 0.268. The smallest absolute Gasteiger partial charge is 0.124 e. The summed E-state index contributed by atoms with van der Waals surface area (Å²) in [6.45, 7) is 2.89. The highest BCUT2D eigenvalue weighted by Crippen LogP contribution is 2.31. The van der Waals surface area contributed by atoms with E-state index in [9.17, 15) is 0 Å². The highest BCUT2D eigenvalue weighted by Gasteiger charge is 2.17. The molecular weight excluding hydrogens is 162 g/mol. The number of hydrogen-bond acceptors (Lipinski definition) is 2. The van der Waals surface area contributed by atoms with Crippen LogP contribution in [0.1, 0.15) is 30.5 Å². The van der Waals surface area contributed by atoms with Gasteiger partial charge in [0.05, 0.1) is 6.61 Å². The minimum Gasteiger partial charge on any atom is -0.493 e. The molecule has 0 saturated heterocycles.